The fraction of sp³-hybridized carbons (Fsp3) is 0.300. The molecule has 3 N–H and O–H groups in total. The Morgan fingerprint density at radius 1 is 1.38 bits per heavy atom. The summed E-state index contributed by atoms with van der Waals surface area (Å²) >= 11 is 0. The van der Waals surface area contributed by atoms with Crippen LogP contribution in [0.25, 0.3) is 11.1 Å². The minimum absolute atomic E-state index is 0.373. The van der Waals surface area contributed by atoms with Crippen LogP contribution in [-0.4, -0.2) is 16.7 Å². The lowest BCUT2D eigenvalue weighted by molar-refractivity contribution is 0.0503. The second-order valence-corrected chi connectivity index (χ2v) is 6.92. The molecule has 1 unspecified atom stereocenters. The molecule has 138 valence electrons. The third-order valence-electron chi connectivity index (χ3n) is 3.56. The van der Waals surface area contributed by atoms with Gasteiger partial charge in [-0.3, -0.25) is 4.98 Å². The zero-order chi connectivity index (χ0) is 19.3. The SMILES string of the molecule is C=CCC(NC(=O)OC(C)(C)C)c1cc(-c2cc(F)ccc2N)ccn1. The van der Waals surface area contributed by atoms with E-state index >= 15 is 0 Å². The standard InChI is InChI=1S/C20H24FN3O2/c1-5-6-17(24-19(25)26-20(2,3)4)18-11-13(9-10-23-18)15-12-14(21)7-8-16(15)22/h5,7-12,17H,1,6,22H2,2-4H3,(H,24,25). The number of ether oxygens (including phenoxy) is 1. The summed E-state index contributed by atoms with van der Waals surface area (Å²) in [6.45, 7) is 9.10. The zero-order valence-electron chi connectivity index (χ0n) is 15.3. The molecule has 0 radical (unpaired) electrons. The number of hydrogen-bond acceptors (Lipinski definition) is 4. The lowest BCUT2D eigenvalue weighted by Gasteiger charge is -2.23. The molecule has 0 bridgehead atoms. The molecule has 26 heavy (non-hydrogen) atoms. The Morgan fingerprint density at radius 2 is 2.12 bits per heavy atom. The Kier molecular flexibility index (Phi) is 5.97. The predicted octanol–water partition coefficient (Wildman–Crippen LogP) is 4.61. The summed E-state index contributed by atoms with van der Waals surface area (Å²) in [7, 11) is 0. The molecule has 0 aliphatic carbocycles. The van der Waals surface area contributed by atoms with Crippen molar-refractivity contribution in [3.63, 3.8) is 0 Å². The van der Waals surface area contributed by atoms with Gasteiger partial charge in [-0.1, -0.05) is 6.08 Å². The van der Waals surface area contributed by atoms with E-state index in [4.69, 9.17) is 10.5 Å². The monoisotopic (exact) mass is 357 g/mol. The molecule has 2 aromatic rings. The number of pyridine rings is 1. The van der Waals surface area contributed by atoms with E-state index < -0.39 is 17.7 Å². The summed E-state index contributed by atoms with van der Waals surface area (Å²) in [6.07, 6.45) is 3.21. The highest BCUT2D eigenvalue weighted by Gasteiger charge is 2.21. The quantitative estimate of drug-likeness (QED) is 0.605. The van der Waals surface area contributed by atoms with Crippen LogP contribution >= 0.6 is 0 Å². The van der Waals surface area contributed by atoms with Gasteiger partial charge in [0.05, 0.1) is 11.7 Å². The number of nitrogens with zero attached hydrogens (tertiary/aromatic N) is 1. The number of nitrogens with one attached hydrogen (secondary N) is 1. The average Bonchev–Trinajstić information content (AvgIpc) is 2.55. The molecule has 1 heterocycles. The fourth-order valence-electron chi connectivity index (χ4n) is 2.46. The highest BCUT2D eigenvalue weighted by Crippen LogP contribution is 2.28. The van der Waals surface area contributed by atoms with E-state index in [1.54, 1.807) is 45.2 Å². The molecule has 0 aliphatic heterocycles. The smallest absolute Gasteiger partial charge is 0.408 e. The Balaban J connectivity index is 2.31. The van der Waals surface area contributed by atoms with E-state index in [-0.39, 0.29) is 5.82 Å². The van der Waals surface area contributed by atoms with Crippen molar-refractivity contribution in [2.24, 2.45) is 0 Å². The maximum atomic E-state index is 13.6. The summed E-state index contributed by atoms with van der Waals surface area (Å²) in [5.74, 6) is -0.373. The van der Waals surface area contributed by atoms with Crippen molar-refractivity contribution in [1.82, 2.24) is 10.3 Å². The molecule has 5 nitrogen and oxygen atoms in total. The number of anilines is 1. The molecular weight excluding hydrogens is 333 g/mol. The molecule has 0 fully saturated rings. The first-order chi connectivity index (χ1) is 12.2. The van der Waals surface area contributed by atoms with Crippen LogP contribution in [0.4, 0.5) is 14.9 Å². The van der Waals surface area contributed by atoms with Crippen molar-refractivity contribution in [2.75, 3.05) is 5.73 Å². The first-order valence-corrected chi connectivity index (χ1v) is 8.31. The Morgan fingerprint density at radius 3 is 2.77 bits per heavy atom. The Bertz CT molecular complexity index is 800. The fourth-order valence-corrected chi connectivity index (χ4v) is 2.46. The normalized spacial score (nSPS) is 12.3. The van der Waals surface area contributed by atoms with Crippen LogP contribution in [0.5, 0.6) is 0 Å². The van der Waals surface area contributed by atoms with Gasteiger partial charge >= 0.3 is 6.09 Å². The first kappa shape index (κ1) is 19.4. The molecule has 1 amide bonds. The maximum absolute atomic E-state index is 13.6. The summed E-state index contributed by atoms with van der Waals surface area (Å²) in [5.41, 5.74) is 7.72. The van der Waals surface area contributed by atoms with Crippen LogP contribution in [0.3, 0.4) is 0 Å². The van der Waals surface area contributed by atoms with E-state index in [9.17, 15) is 9.18 Å². The third-order valence-corrected chi connectivity index (χ3v) is 3.56. The van der Waals surface area contributed by atoms with Crippen molar-refractivity contribution < 1.29 is 13.9 Å². The van der Waals surface area contributed by atoms with E-state index in [0.717, 1.165) is 0 Å². The van der Waals surface area contributed by atoms with Crippen molar-refractivity contribution >= 4 is 11.8 Å². The van der Waals surface area contributed by atoms with Crippen molar-refractivity contribution in [3.8, 4) is 11.1 Å². The number of amides is 1. The van der Waals surface area contributed by atoms with Gasteiger partial charge in [-0.05, 0) is 63.1 Å². The maximum Gasteiger partial charge on any atom is 0.408 e. The molecule has 1 aromatic carbocycles. The number of nitrogens with two attached hydrogens (primary N) is 1. The predicted molar refractivity (Wildman–Crippen MR) is 101 cm³/mol. The number of carbonyl (C=O) groups is 1. The van der Waals surface area contributed by atoms with Gasteiger partial charge < -0.3 is 15.8 Å². The highest BCUT2D eigenvalue weighted by molar-refractivity contribution is 5.76. The van der Waals surface area contributed by atoms with Crippen molar-refractivity contribution in [3.05, 3.63) is 60.7 Å². The number of rotatable bonds is 5. The minimum atomic E-state index is -0.603. The van der Waals surface area contributed by atoms with Crippen LogP contribution in [0, 0.1) is 5.82 Å². The zero-order valence-corrected chi connectivity index (χ0v) is 15.3. The number of nitrogen functional groups attached to an aromatic ring is 1. The molecule has 0 spiro atoms. The number of hydrogen-bond donors (Lipinski definition) is 2. The van der Waals surface area contributed by atoms with E-state index in [1.807, 2.05) is 0 Å². The minimum Gasteiger partial charge on any atom is -0.444 e. The van der Waals surface area contributed by atoms with Gasteiger partial charge in [-0.15, -0.1) is 6.58 Å². The molecule has 1 aromatic heterocycles. The molecule has 0 aliphatic rings. The number of alkyl carbamates (subject to hydrolysis) is 1. The van der Waals surface area contributed by atoms with Crippen LogP contribution in [0.1, 0.15) is 38.9 Å². The van der Waals surface area contributed by atoms with E-state index in [0.29, 0.717) is 28.9 Å². The summed E-state index contributed by atoms with van der Waals surface area (Å²) in [6, 6.07) is 7.30. The molecule has 6 heteroatoms. The lowest BCUT2D eigenvalue weighted by atomic mass is 10.0. The van der Waals surface area contributed by atoms with Gasteiger partial charge in [0.25, 0.3) is 0 Å². The summed E-state index contributed by atoms with van der Waals surface area (Å²) in [5, 5.41) is 2.80. The van der Waals surface area contributed by atoms with Crippen molar-refractivity contribution in [1.29, 1.82) is 0 Å². The van der Waals surface area contributed by atoms with Gasteiger partial charge in [0.2, 0.25) is 0 Å². The van der Waals surface area contributed by atoms with Gasteiger partial charge in [-0.2, -0.15) is 0 Å². The Labute approximate surface area is 153 Å². The van der Waals surface area contributed by atoms with Gasteiger partial charge in [-0.25, -0.2) is 9.18 Å². The summed E-state index contributed by atoms with van der Waals surface area (Å²) < 4.78 is 18.9. The second-order valence-electron chi connectivity index (χ2n) is 6.92. The van der Waals surface area contributed by atoms with Crippen LogP contribution in [0.15, 0.2) is 49.2 Å². The van der Waals surface area contributed by atoms with Gasteiger partial charge in [0, 0.05) is 17.4 Å². The molecule has 1 atom stereocenters. The van der Waals surface area contributed by atoms with Crippen LogP contribution in [-0.2, 0) is 4.74 Å². The molecule has 0 saturated carbocycles. The number of benzene rings is 1. The molecule has 0 saturated heterocycles. The third kappa shape index (κ3) is 5.31. The Hall–Kier alpha value is -2.89. The largest absolute Gasteiger partial charge is 0.444 e. The molecular formula is C20H24FN3O2. The van der Waals surface area contributed by atoms with Crippen molar-refractivity contribution in [2.45, 2.75) is 38.8 Å². The highest BCUT2D eigenvalue weighted by atomic mass is 19.1. The van der Waals surface area contributed by atoms with Gasteiger partial charge in [0.1, 0.15) is 11.4 Å². The number of halogens is 1. The van der Waals surface area contributed by atoms with Gasteiger partial charge in [0.15, 0.2) is 0 Å². The number of aromatic nitrogens is 1. The molecule has 2 rings (SSSR count). The first-order valence-electron chi connectivity index (χ1n) is 8.31. The summed E-state index contributed by atoms with van der Waals surface area (Å²) in [4.78, 5) is 16.4. The van der Waals surface area contributed by atoms with E-state index in [1.165, 1.54) is 18.2 Å². The topological polar surface area (TPSA) is 77.2 Å². The second kappa shape index (κ2) is 7.99. The average molecular weight is 357 g/mol. The van der Waals surface area contributed by atoms with E-state index in [2.05, 4.69) is 16.9 Å². The van der Waals surface area contributed by atoms with Crippen LogP contribution in [0.2, 0.25) is 0 Å². The van der Waals surface area contributed by atoms with Crippen LogP contribution < -0.4 is 11.1 Å². The number of carbonyl (C=O) groups excluding carboxylic acids is 1. The lowest BCUT2D eigenvalue weighted by Crippen LogP contribution is -2.35.